The Bertz CT molecular complexity index is 1010. The van der Waals surface area contributed by atoms with Gasteiger partial charge in [0.1, 0.15) is 5.75 Å². The van der Waals surface area contributed by atoms with Crippen LogP contribution in [0.4, 0.5) is 17.1 Å². The lowest BCUT2D eigenvalue weighted by Gasteiger charge is -2.02. The summed E-state index contributed by atoms with van der Waals surface area (Å²) in [6.07, 6.45) is 0. The van der Waals surface area contributed by atoms with Gasteiger partial charge in [-0.2, -0.15) is 5.11 Å². The van der Waals surface area contributed by atoms with Gasteiger partial charge in [-0.05, 0) is 18.2 Å². The normalized spacial score (nSPS) is 10.9. The van der Waals surface area contributed by atoms with E-state index in [-0.39, 0.29) is 17.1 Å². The first kappa shape index (κ1) is 16.1. The summed E-state index contributed by atoms with van der Waals surface area (Å²) >= 11 is 0. The minimum atomic E-state index is -0.524. The summed E-state index contributed by atoms with van der Waals surface area (Å²) in [5.41, 5.74) is 0.911. The molecule has 9 heteroatoms. The van der Waals surface area contributed by atoms with Crippen LogP contribution >= 0.6 is 0 Å². The molecule has 0 bridgehead atoms. The average molecular weight is 339 g/mol. The molecule has 2 aromatic carbocycles. The van der Waals surface area contributed by atoms with E-state index in [1.54, 1.807) is 37.4 Å². The maximum Gasteiger partial charge on any atom is 0.292 e. The number of nitro groups is 1. The van der Waals surface area contributed by atoms with E-state index >= 15 is 0 Å². The summed E-state index contributed by atoms with van der Waals surface area (Å²) in [6.45, 7) is 0. The Labute approximate surface area is 141 Å². The van der Waals surface area contributed by atoms with Gasteiger partial charge in [0.05, 0.1) is 23.4 Å². The van der Waals surface area contributed by atoms with Crippen molar-refractivity contribution in [2.24, 2.45) is 10.2 Å². The standard InChI is InChI=1S/C16H13N5O4/c1-25-13-7-2-4-10(8-13)14-15(16(22)20-18-14)19-17-11-5-3-6-12(9-11)21(23)24/h2-9H,1H3,(H2,18,20,22). The monoisotopic (exact) mass is 339 g/mol. The van der Waals surface area contributed by atoms with E-state index in [0.29, 0.717) is 17.0 Å². The number of azo groups is 1. The fourth-order valence-electron chi connectivity index (χ4n) is 2.21. The Hall–Kier alpha value is -3.75. The summed E-state index contributed by atoms with van der Waals surface area (Å²) in [5.74, 6) is 0.626. The molecule has 25 heavy (non-hydrogen) atoms. The maximum atomic E-state index is 12.0. The summed E-state index contributed by atoms with van der Waals surface area (Å²) in [7, 11) is 1.54. The van der Waals surface area contributed by atoms with Gasteiger partial charge in [-0.15, -0.1) is 5.11 Å². The molecule has 0 spiro atoms. The Morgan fingerprint density at radius 3 is 2.64 bits per heavy atom. The first-order valence-electron chi connectivity index (χ1n) is 7.20. The number of non-ortho nitro benzene ring substituents is 1. The zero-order valence-electron chi connectivity index (χ0n) is 13.1. The highest BCUT2D eigenvalue weighted by Gasteiger charge is 2.12. The number of hydrogen-bond donors (Lipinski definition) is 2. The van der Waals surface area contributed by atoms with Gasteiger partial charge in [0, 0.05) is 17.7 Å². The number of nitro benzene ring substituents is 1. The first-order valence-corrected chi connectivity index (χ1v) is 7.20. The van der Waals surface area contributed by atoms with Crippen molar-refractivity contribution in [3.63, 3.8) is 0 Å². The molecule has 0 atom stereocenters. The zero-order chi connectivity index (χ0) is 17.8. The molecule has 0 fully saturated rings. The van der Waals surface area contributed by atoms with Crippen LogP contribution in [-0.2, 0) is 0 Å². The lowest BCUT2D eigenvalue weighted by atomic mass is 10.1. The quantitative estimate of drug-likeness (QED) is 0.417. The summed E-state index contributed by atoms with van der Waals surface area (Å²) in [5, 5.41) is 23.9. The highest BCUT2D eigenvalue weighted by molar-refractivity contribution is 5.72. The Balaban J connectivity index is 1.98. The molecule has 0 amide bonds. The number of hydrogen-bond acceptors (Lipinski definition) is 6. The van der Waals surface area contributed by atoms with E-state index in [2.05, 4.69) is 20.4 Å². The molecule has 126 valence electrons. The zero-order valence-corrected chi connectivity index (χ0v) is 13.1. The second-order valence-electron chi connectivity index (χ2n) is 5.01. The largest absolute Gasteiger partial charge is 0.497 e. The van der Waals surface area contributed by atoms with E-state index in [0.717, 1.165) is 0 Å². The van der Waals surface area contributed by atoms with Gasteiger partial charge in [-0.25, -0.2) is 0 Å². The third-order valence-corrected chi connectivity index (χ3v) is 3.42. The molecular weight excluding hydrogens is 326 g/mol. The number of ether oxygens (including phenoxy) is 1. The highest BCUT2D eigenvalue weighted by atomic mass is 16.6. The molecule has 0 unspecified atom stereocenters. The average Bonchev–Trinajstić information content (AvgIpc) is 3.01. The number of methoxy groups -OCH3 is 1. The molecule has 0 saturated heterocycles. The van der Waals surface area contributed by atoms with E-state index < -0.39 is 10.5 Å². The van der Waals surface area contributed by atoms with Crippen LogP contribution in [0, 0.1) is 10.1 Å². The van der Waals surface area contributed by atoms with E-state index in [4.69, 9.17) is 4.74 Å². The van der Waals surface area contributed by atoms with Gasteiger partial charge in [0.25, 0.3) is 11.2 Å². The van der Waals surface area contributed by atoms with E-state index in [9.17, 15) is 14.9 Å². The van der Waals surface area contributed by atoms with Crippen LogP contribution in [0.2, 0.25) is 0 Å². The van der Waals surface area contributed by atoms with Crippen molar-refractivity contribution in [1.82, 2.24) is 10.2 Å². The second-order valence-corrected chi connectivity index (χ2v) is 5.01. The molecule has 1 heterocycles. The topological polar surface area (TPSA) is 126 Å². The molecular formula is C16H13N5O4. The van der Waals surface area contributed by atoms with E-state index in [1.165, 1.54) is 18.2 Å². The number of aromatic nitrogens is 2. The Kier molecular flexibility index (Phi) is 4.38. The number of H-pyrrole nitrogens is 2. The lowest BCUT2D eigenvalue weighted by Crippen LogP contribution is -1.96. The van der Waals surface area contributed by atoms with Crippen molar-refractivity contribution in [3.8, 4) is 17.0 Å². The van der Waals surface area contributed by atoms with Crippen LogP contribution in [0.25, 0.3) is 11.3 Å². The van der Waals surface area contributed by atoms with Crippen molar-refractivity contribution >= 4 is 17.1 Å². The van der Waals surface area contributed by atoms with Crippen molar-refractivity contribution in [2.75, 3.05) is 7.11 Å². The summed E-state index contributed by atoms with van der Waals surface area (Å²) < 4.78 is 5.17. The number of benzene rings is 2. The van der Waals surface area contributed by atoms with Gasteiger partial charge in [0.15, 0.2) is 5.69 Å². The Morgan fingerprint density at radius 1 is 1.08 bits per heavy atom. The smallest absolute Gasteiger partial charge is 0.292 e. The van der Waals surface area contributed by atoms with Crippen LogP contribution in [0.5, 0.6) is 5.75 Å². The molecule has 0 aliphatic heterocycles. The maximum absolute atomic E-state index is 12.0. The van der Waals surface area contributed by atoms with Crippen molar-refractivity contribution in [3.05, 3.63) is 69.0 Å². The Morgan fingerprint density at radius 2 is 1.88 bits per heavy atom. The number of aromatic amines is 2. The van der Waals surface area contributed by atoms with Gasteiger partial charge in [0.2, 0.25) is 0 Å². The van der Waals surface area contributed by atoms with Crippen molar-refractivity contribution < 1.29 is 9.66 Å². The predicted octanol–water partition coefficient (Wildman–Crippen LogP) is 3.70. The molecule has 9 nitrogen and oxygen atoms in total. The van der Waals surface area contributed by atoms with Crippen LogP contribution in [0.15, 0.2) is 63.6 Å². The molecule has 3 rings (SSSR count). The minimum Gasteiger partial charge on any atom is -0.497 e. The number of nitrogens with one attached hydrogen (secondary N) is 2. The van der Waals surface area contributed by atoms with Crippen molar-refractivity contribution in [2.45, 2.75) is 0 Å². The lowest BCUT2D eigenvalue weighted by molar-refractivity contribution is -0.384. The predicted molar refractivity (Wildman–Crippen MR) is 90.7 cm³/mol. The highest BCUT2D eigenvalue weighted by Crippen LogP contribution is 2.29. The van der Waals surface area contributed by atoms with Gasteiger partial charge in [-0.1, -0.05) is 18.2 Å². The molecule has 0 radical (unpaired) electrons. The molecule has 2 N–H and O–H groups in total. The first-order chi connectivity index (χ1) is 12.1. The number of rotatable bonds is 5. The fraction of sp³-hybridized carbons (Fsp3) is 0.0625. The SMILES string of the molecule is COc1cccc(-c2[nH][nH]c(=O)c2N=Nc2cccc([N+](=O)[O-])c2)c1. The fourth-order valence-corrected chi connectivity index (χ4v) is 2.21. The third-order valence-electron chi connectivity index (χ3n) is 3.42. The van der Waals surface area contributed by atoms with Crippen molar-refractivity contribution in [1.29, 1.82) is 0 Å². The van der Waals surface area contributed by atoms with Gasteiger partial charge >= 0.3 is 0 Å². The van der Waals surface area contributed by atoms with Crippen LogP contribution < -0.4 is 10.3 Å². The van der Waals surface area contributed by atoms with E-state index in [1.807, 2.05) is 0 Å². The van der Waals surface area contributed by atoms with Gasteiger partial charge < -0.3 is 4.74 Å². The summed E-state index contributed by atoms with van der Waals surface area (Å²) in [4.78, 5) is 22.3. The molecule has 1 aromatic heterocycles. The minimum absolute atomic E-state index is 0.0692. The van der Waals surface area contributed by atoms with Crippen LogP contribution in [0.1, 0.15) is 0 Å². The molecule has 0 aliphatic rings. The second kappa shape index (κ2) is 6.79. The molecule has 0 saturated carbocycles. The molecule has 3 aromatic rings. The number of nitrogens with zero attached hydrogens (tertiary/aromatic N) is 3. The van der Waals surface area contributed by atoms with Crippen LogP contribution in [0.3, 0.4) is 0 Å². The van der Waals surface area contributed by atoms with Crippen LogP contribution in [-0.4, -0.2) is 22.2 Å². The molecule has 0 aliphatic carbocycles. The summed E-state index contributed by atoms with van der Waals surface area (Å²) in [6, 6.07) is 12.8. The third kappa shape index (κ3) is 3.44. The van der Waals surface area contributed by atoms with Gasteiger partial charge in [-0.3, -0.25) is 25.1 Å².